The molecule has 0 saturated heterocycles. The molecule has 0 N–H and O–H groups in total. The predicted molar refractivity (Wildman–Crippen MR) is 119 cm³/mol. The lowest BCUT2D eigenvalue weighted by atomic mass is 10.0. The van der Waals surface area contributed by atoms with Gasteiger partial charge in [-0.15, -0.1) is 0 Å². The smallest absolute Gasteiger partial charge is 0.131 e. The van der Waals surface area contributed by atoms with Gasteiger partial charge in [-0.3, -0.25) is 0 Å². The van der Waals surface area contributed by atoms with Crippen LogP contribution in [0, 0.1) is 0 Å². The molecule has 2 heteroatoms. The molecule has 138 valence electrons. The molecular weight excluding hydrogens is 360 g/mol. The van der Waals surface area contributed by atoms with E-state index >= 15 is 0 Å². The van der Waals surface area contributed by atoms with Crippen molar-refractivity contribution in [1.29, 1.82) is 0 Å². The molecule has 4 aromatic carbocycles. The third kappa shape index (κ3) is 4.36. The van der Waals surface area contributed by atoms with Crippen molar-refractivity contribution in [3.63, 3.8) is 0 Å². The minimum atomic E-state index is -0.990. The molecule has 0 amide bonds. The average Bonchev–Trinajstić information content (AvgIpc) is 2.76. The zero-order chi connectivity index (χ0) is 19.2. The first kappa shape index (κ1) is 18.5. The summed E-state index contributed by atoms with van der Waals surface area (Å²) in [5.41, 5.74) is 6.91. The first-order valence-electron chi connectivity index (χ1n) is 9.43. The van der Waals surface area contributed by atoms with E-state index < -0.39 is 11.2 Å². The number of benzene rings is 4. The number of hydrogen-bond acceptors (Lipinski definition) is 1. The first-order chi connectivity index (χ1) is 13.8. The highest BCUT2D eigenvalue weighted by molar-refractivity contribution is 7.89. The van der Waals surface area contributed by atoms with Gasteiger partial charge in [0.15, 0.2) is 0 Å². The molecule has 0 aromatic heterocycles. The summed E-state index contributed by atoms with van der Waals surface area (Å²) in [6, 6.07) is 37.1. The molecule has 0 aliphatic carbocycles. The Balaban J connectivity index is 1.57. The summed E-state index contributed by atoms with van der Waals surface area (Å²) < 4.78 is 13.1. The molecule has 0 radical (unpaired) electrons. The Morgan fingerprint density at radius 1 is 0.464 bits per heavy atom. The number of rotatable bonds is 6. The minimum Gasteiger partial charge on any atom is -0.616 e. The van der Waals surface area contributed by atoms with E-state index in [0.717, 1.165) is 22.3 Å². The molecule has 0 atom stereocenters. The quantitative estimate of drug-likeness (QED) is 0.350. The Kier molecular flexibility index (Phi) is 5.91. The van der Waals surface area contributed by atoms with Crippen molar-refractivity contribution >= 4 is 11.2 Å². The Morgan fingerprint density at radius 3 is 1.25 bits per heavy atom. The van der Waals surface area contributed by atoms with E-state index in [4.69, 9.17) is 0 Å². The lowest BCUT2D eigenvalue weighted by Crippen LogP contribution is -2.09. The van der Waals surface area contributed by atoms with Crippen molar-refractivity contribution in [2.24, 2.45) is 0 Å². The summed E-state index contributed by atoms with van der Waals surface area (Å²) in [5, 5.41) is 0. The zero-order valence-corrected chi connectivity index (χ0v) is 16.4. The molecule has 0 aliphatic heterocycles. The monoisotopic (exact) mass is 382 g/mol. The van der Waals surface area contributed by atoms with Gasteiger partial charge in [0, 0.05) is 11.1 Å². The SMILES string of the molecule is [O-][S+](Cc1ccccc1-c1ccccc1)Cc1ccccc1-c1ccccc1. The molecule has 0 spiro atoms. The molecule has 0 aliphatic rings. The summed E-state index contributed by atoms with van der Waals surface area (Å²) in [6.07, 6.45) is 0. The van der Waals surface area contributed by atoms with Crippen molar-refractivity contribution < 1.29 is 4.55 Å². The van der Waals surface area contributed by atoms with Crippen LogP contribution in [0.15, 0.2) is 109 Å². The average molecular weight is 383 g/mol. The lowest BCUT2D eigenvalue weighted by Gasteiger charge is -2.16. The fourth-order valence-electron chi connectivity index (χ4n) is 3.49. The van der Waals surface area contributed by atoms with Crippen LogP contribution in [-0.2, 0) is 22.7 Å². The largest absolute Gasteiger partial charge is 0.616 e. The third-order valence-electron chi connectivity index (χ3n) is 4.84. The third-order valence-corrected chi connectivity index (χ3v) is 6.10. The van der Waals surface area contributed by atoms with Crippen LogP contribution in [-0.4, -0.2) is 4.55 Å². The molecule has 1 nitrogen and oxygen atoms in total. The van der Waals surface area contributed by atoms with Gasteiger partial charge < -0.3 is 4.55 Å². The predicted octanol–water partition coefficient (Wildman–Crippen LogP) is 6.47. The Morgan fingerprint density at radius 2 is 0.821 bits per heavy atom. The van der Waals surface area contributed by atoms with Gasteiger partial charge in [0.25, 0.3) is 0 Å². The van der Waals surface area contributed by atoms with Crippen LogP contribution < -0.4 is 0 Å². The summed E-state index contributed by atoms with van der Waals surface area (Å²) in [4.78, 5) is 0. The normalized spacial score (nSPS) is 10.9. The van der Waals surface area contributed by atoms with E-state index in [1.54, 1.807) is 0 Å². The zero-order valence-electron chi connectivity index (χ0n) is 15.6. The molecule has 0 fully saturated rings. The van der Waals surface area contributed by atoms with E-state index in [-0.39, 0.29) is 0 Å². The van der Waals surface area contributed by atoms with E-state index in [1.807, 2.05) is 60.7 Å². The highest BCUT2D eigenvalue weighted by Crippen LogP contribution is 2.28. The van der Waals surface area contributed by atoms with Crippen LogP contribution in [0.1, 0.15) is 11.1 Å². The Bertz CT molecular complexity index is 943. The molecule has 0 saturated carbocycles. The summed E-state index contributed by atoms with van der Waals surface area (Å²) in [5.74, 6) is 1.10. The van der Waals surface area contributed by atoms with Gasteiger partial charge in [-0.25, -0.2) is 0 Å². The maximum absolute atomic E-state index is 13.1. The molecule has 0 heterocycles. The first-order valence-corrected chi connectivity index (χ1v) is 10.9. The van der Waals surface area contributed by atoms with E-state index in [2.05, 4.69) is 48.5 Å². The van der Waals surface area contributed by atoms with Crippen molar-refractivity contribution in [2.45, 2.75) is 11.5 Å². The maximum Gasteiger partial charge on any atom is 0.131 e. The summed E-state index contributed by atoms with van der Waals surface area (Å²) in [6.45, 7) is 0. The van der Waals surface area contributed by atoms with Gasteiger partial charge in [-0.05, 0) is 33.4 Å². The van der Waals surface area contributed by atoms with Crippen LogP contribution in [0.5, 0.6) is 0 Å². The Hall–Kier alpha value is -2.81. The summed E-state index contributed by atoms with van der Waals surface area (Å²) in [7, 11) is 0. The van der Waals surface area contributed by atoms with Crippen LogP contribution >= 0.6 is 0 Å². The second-order valence-electron chi connectivity index (χ2n) is 6.77. The topological polar surface area (TPSA) is 23.1 Å². The van der Waals surface area contributed by atoms with Gasteiger partial charge in [0.1, 0.15) is 11.5 Å². The van der Waals surface area contributed by atoms with Crippen LogP contribution in [0.2, 0.25) is 0 Å². The van der Waals surface area contributed by atoms with E-state index in [1.165, 1.54) is 11.1 Å². The standard InChI is InChI=1S/C26H22OS/c27-28(19-23-15-7-9-17-25(23)21-11-3-1-4-12-21)20-24-16-8-10-18-26(24)22-13-5-2-6-14-22/h1-18H,19-20H2. The van der Waals surface area contributed by atoms with Crippen molar-refractivity contribution in [1.82, 2.24) is 0 Å². The van der Waals surface area contributed by atoms with Gasteiger partial charge in [0.2, 0.25) is 0 Å². The fraction of sp³-hybridized carbons (Fsp3) is 0.0769. The maximum atomic E-state index is 13.1. The molecular formula is C26H22OS. The van der Waals surface area contributed by atoms with Gasteiger partial charge in [-0.2, -0.15) is 0 Å². The number of hydrogen-bond donors (Lipinski definition) is 0. The van der Waals surface area contributed by atoms with E-state index in [0.29, 0.717) is 11.5 Å². The molecule has 0 bridgehead atoms. The second-order valence-corrected chi connectivity index (χ2v) is 8.23. The highest BCUT2D eigenvalue weighted by Gasteiger charge is 2.15. The van der Waals surface area contributed by atoms with Crippen molar-refractivity contribution in [3.8, 4) is 22.3 Å². The van der Waals surface area contributed by atoms with Crippen molar-refractivity contribution in [2.75, 3.05) is 0 Å². The summed E-state index contributed by atoms with van der Waals surface area (Å²) >= 11 is -0.990. The van der Waals surface area contributed by atoms with Crippen molar-refractivity contribution in [3.05, 3.63) is 120 Å². The van der Waals surface area contributed by atoms with Crippen LogP contribution in [0.4, 0.5) is 0 Å². The fourth-order valence-corrected chi connectivity index (χ4v) is 4.79. The Labute approximate surface area is 169 Å². The van der Waals surface area contributed by atoms with Crippen LogP contribution in [0.3, 0.4) is 0 Å². The lowest BCUT2D eigenvalue weighted by molar-refractivity contribution is 0.593. The molecule has 4 rings (SSSR count). The van der Waals surface area contributed by atoms with Gasteiger partial charge in [-0.1, -0.05) is 109 Å². The second kappa shape index (κ2) is 8.92. The molecule has 28 heavy (non-hydrogen) atoms. The molecule has 4 aromatic rings. The molecule has 0 unspecified atom stereocenters. The van der Waals surface area contributed by atoms with Gasteiger partial charge in [0.05, 0.1) is 0 Å². The highest BCUT2D eigenvalue weighted by atomic mass is 32.2. The van der Waals surface area contributed by atoms with Gasteiger partial charge >= 0.3 is 0 Å². The van der Waals surface area contributed by atoms with Crippen LogP contribution in [0.25, 0.3) is 22.3 Å². The minimum absolute atomic E-state index is 0.550. The van der Waals surface area contributed by atoms with E-state index in [9.17, 15) is 4.55 Å².